The number of hydrogen-bond donors (Lipinski definition) is 1. The van der Waals surface area contributed by atoms with Gasteiger partial charge in [0.1, 0.15) is 19.8 Å². The van der Waals surface area contributed by atoms with Gasteiger partial charge in [0.05, 0.1) is 26.4 Å². The van der Waals surface area contributed by atoms with Gasteiger partial charge in [-0.15, -0.1) is 0 Å². The van der Waals surface area contributed by atoms with Gasteiger partial charge in [0, 0.05) is 24.3 Å². The summed E-state index contributed by atoms with van der Waals surface area (Å²) in [4.78, 5) is 44.9. The van der Waals surface area contributed by atoms with Gasteiger partial charge >= 0.3 is 23.9 Å². The van der Waals surface area contributed by atoms with Crippen molar-refractivity contribution < 1.29 is 48.0 Å². The molecule has 28 heavy (non-hydrogen) atoms. The molecule has 0 saturated heterocycles. The number of carbonyl (C=O) groups is 4. The van der Waals surface area contributed by atoms with Crippen LogP contribution in [0.1, 0.15) is 19.8 Å². The second-order valence-corrected chi connectivity index (χ2v) is 5.03. The zero-order chi connectivity index (χ0) is 21.0. The number of hydrogen-bond acceptors (Lipinski definition) is 10. The molecule has 1 N–H and O–H groups in total. The predicted octanol–water partition coefficient (Wildman–Crippen LogP) is 0.0806. The van der Waals surface area contributed by atoms with Crippen molar-refractivity contribution >= 4 is 23.9 Å². The maximum absolute atomic E-state index is 11.3. The van der Waals surface area contributed by atoms with Crippen molar-refractivity contribution in [1.29, 1.82) is 0 Å². The van der Waals surface area contributed by atoms with E-state index in [1.54, 1.807) is 0 Å². The van der Waals surface area contributed by atoms with Crippen molar-refractivity contribution in [2.75, 3.05) is 46.2 Å². The Morgan fingerprint density at radius 2 is 1.04 bits per heavy atom. The highest BCUT2D eigenvalue weighted by Crippen LogP contribution is 1.91. The van der Waals surface area contributed by atoms with Gasteiger partial charge in [-0.1, -0.05) is 13.3 Å². The van der Waals surface area contributed by atoms with Crippen molar-refractivity contribution in [3.05, 3.63) is 24.3 Å². The minimum absolute atomic E-state index is 0.0431. The third-order valence-corrected chi connectivity index (χ3v) is 2.73. The molecule has 0 amide bonds. The van der Waals surface area contributed by atoms with Gasteiger partial charge in [0.2, 0.25) is 0 Å². The highest BCUT2D eigenvalue weighted by molar-refractivity contribution is 5.92. The van der Waals surface area contributed by atoms with E-state index in [1.807, 2.05) is 6.92 Å². The van der Waals surface area contributed by atoms with Crippen LogP contribution in [0.15, 0.2) is 24.3 Å². The summed E-state index contributed by atoms with van der Waals surface area (Å²) in [6.45, 7) is 1.83. The average Bonchev–Trinajstić information content (AvgIpc) is 2.68. The minimum atomic E-state index is -0.771. The first-order valence-electron chi connectivity index (χ1n) is 8.71. The molecule has 0 fully saturated rings. The molecule has 158 valence electrons. The van der Waals surface area contributed by atoms with Gasteiger partial charge < -0.3 is 28.8 Å². The smallest absolute Gasteiger partial charge is 0.331 e. The minimum Gasteiger partial charge on any atom is -0.463 e. The van der Waals surface area contributed by atoms with Gasteiger partial charge in [-0.3, -0.25) is 0 Å². The molecule has 0 rings (SSSR count). The van der Waals surface area contributed by atoms with E-state index in [0.29, 0.717) is 6.61 Å². The molecule has 0 saturated carbocycles. The predicted molar refractivity (Wildman–Crippen MR) is 94.9 cm³/mol. The quantitative estimate of drug-likeness (QED) is 0.174. The van der Waals surface area contributed by atoms with E-state index in [4.69, 9.17) is 24.1 Å². The van der Waals surface area contributed by atoms with Crippen LogP contribution in [0.25, 0.3) is 0 Å². The lowest BCUT2D eigenvalue weighted by Crippen LogP contribution is -2.13. The lowest BCUT2D eigenvalue weighted by Gasteiger charge is -2.05. The number of unbranched alkanes of at least 4 members (excludes halogenated alkanes) is 1. The van der Waals surface area contributed by atoms with E-state index in [0.717, 1.165) is 37.1 Å². The number of ether oxygens (including phenoxy) is 5. The maximum Gasteiger partial charge on any atom is 0.331 e. The second-order valence-electron chi connectivity index (χ2n) is 5.03. The summed E-state index contributed by atoms with van der Waals surface area (Å²) in [6, 6.07) is 0. The second kappa shape index (κ2) is 17.7. The monoisotopic (exact) mass is 402 g/mol. The van der Waals surface area contributed by atoms with Crippen LogP contribution in [-0.4, -0.2) is 75.2 Å². The molecule has 0 spiro atoms. The van der Waals surface area contributed by atoms with Crippen LogP contribution in [0.5, 0.6) is 0 Å². The van der Waals surface area contributed by atoms with E-state index in [9.17, 15) is 19.2 Å². The molecule has 10 nitrogen and oxygen atoms in total. The highest BCUT2D eigenvalue weighted by Gasteiger charge is 2.02. The molecule has 0 aliphatic heterocycles. The van der Waals surface area contributed by atoms with Crippen LogP contribution < -0.4 is 0 Å². The fourth-order valence-corrected chi connectivity index (χ4v) is 1.43. The first-order valence-corrected chi connectivity index (χ1v) is 8.71. The Kier molecular flexibility index (Phi) is 16.0. The Morgan fingerprint density at radius 3 is 1.43 bits per heavy atom. The SMILES string of the molecule is CCCCOC(=O)/C=C/C(=O)OCCOCCOC(=O)/C=C/C(=O)OCCO. The van der Waals surface area contributed by atoms with E-state index < -0.39 is 23.9 Å². The molecule has 0 unspecified atom stereocenters. The first-order chi connectivity index (χ1) is 13.5. The molecule has 0 aliphatic rings. The molecule has 0 bridgehead atoms. The topological polar surface area (TPSA) is 135 Å². The Balaban J connectivity index is 3.66. The number of aliphatic hydroxyl groups is 1. The van der Waals surface area contributed by atoms with Gasteiger partial charge in [-0.25, -0.2) is 19.2 Å². The number of rotatable bonds is 15. The van der Waals surface area contributed by atoms with Gasteiger partial charge in [-0.2, -0.15) is 0 Å². The largest absolute Gasteiger partial charge is 0.463 e. The number of aliphatic hydroxyl groups excluding tert-OH is 1. The summed E-state index contributed by atoms with van der Waals surface area (Å²) in [7, 11) is 0. The summed E-state index contributed by atoms with van der Waals surface area (Å²) in [5, 5.41) is 8.46. The Bertz CT molecular complexity index is 538. The third-order valence-electron chi connectivity index (χ3n) is 2.73. The van der Waals surface area contributed by atoms with Crippen molar-refractivity contribution in [3.63, 3.8) is 0 Å². The normalized spacial score (nSPS) is 10.8. The summed E-state index contributed by atoms with van der Waals surface area (Å²) in [6.07, 6.45) is 5.38. The summed E-state index contributed by atoms with van der Waals surface area (Å²) < 4.78 is 24.0. The van der Waals surface area contributed by atoms with Gasteiger partial charge in [-0.05, 0) is 6.42 Å². The van der Waals surface area contributed by atoms with E-state index >= 15 is 0 Å². The lowest BCUT2D eigenvalue weighted by molar-refractivity contribution is -0.143. The molecule has 0 heterocycles. The molecule has 0 aliphatic carbocycles. The maximum atomic E-state index is 11.3. The van der Waals surface area contributed by atoms with Gasteiger partial charge in [0.15, 0.2) is 0 Å². The average molecular weight is 402 g/mol. The van der Waals surface area contributed by atoms with Crippen molar-refractivity contribution in [3.8, 4) is 0 Å². The molecule has 0 aromatic carbocycles. The van der Waals surface area contributed by atoms with Crippen LogP contribution in [-0.2, 0) is 42.9 Å². The van der Waals surface area contributed by atoms with Crippen molar-refractivity contribution in [2.45, 2.75) is 19.8 Å². The zero-order valence-electron chi connectivity index (χ0n) is 15.8. The highest BCUT2D eigenvalue weighted by atomic mass is 16.6. The van der Waals surface area contributed by atoms with Crippen LogP contribution in [0.2, 0.25) is 0 Å². The Morgan fingerprint density at radius 1 is 0.643 bits per heavy atom. The fraction of sp³-hybridized carbons (Fsp3) is 0.556. The van der Waals surface area contributed by atoms with Crippen LogP contribution in [0.4, 0.5) is 0 Å². The molecule has 0 aromatic rings. The molecule has 0 radical (unpaired) electrons. The molecule has 0 aromatic heterocycles. The summed E-state index contributed by atoms with van der Waals surface area (Å²) in [5.41, 5.74) is 0. The summed E-state index contributed by atoms with van der Waals surface area (Å²) in [5.74, 6) is -2.85. The van der Waals surface area contributed by atoms with Crippen molar-refractivity contribution in [1.82, 2.24) is 0 Å². The Labute approximate surface area is 163 Å². The molecule has 10 heteroatoms. The van der Waals surface area contributed by atoms with E-state index in [2.05, 4.69) is 4.74 Å². The lowest BCUT2D eigenvalue weighted by atomic mass is 10.4. The zero-order valence-corrected chi connectivity index (χ0v) is 15.8. The van der Waals surface area contributed by atoms with E-state index in [1.165, 1.54) is 0 Å². The standard InChI is InChI=1S/C18H26O10/c1-2-3-9-25-15(20)4-6-17(22)27-13-11-24-12-14-28-18(23)7-5-16(21)26-10-8-19/h4-7,19H,2-3,8-14H2,1H3/b6-4+,7-5+. The van der Waals surface area contributed by atoms with Crippen LogP contribution in [0.3, 0.4) is 0 Å². The number of carbonyl (C=O) groups excluding carboxylic acids is 4. The summed E-state index contributed by atoms with van der Waals surface area (Å²) >= 11 is 0. The third kappa shape index (κ3) is 16.7. The van der Waals surface area contributed by atoms with E-state index in [-0.39, 0.29) is 39.6 Å². The van der Waals surface area contributed by atoms with Crippen molar-refractivity contribution in [2.24, 2.45) is 0 Å². The van der Waals surface area contributed by atoms with Crippen LogP contribution in [0, 0.1) is 0 Å². The van der Waals surface area contributed by atoms with Crippen LogP contribution >= 0.6 is 0 Å². The van der Waals surface area contributed by atoms with Gasteiger partial charge in [0.25, 0.3) is 0 Å². The molecular weight excluding hydrogens is 376 g/mol. The molecular formula is C18H26O10. The Hall–Kier alpha value is -2.72. The fourth-order valence-electron chi connectivity index (χ4n) is 1.43. The first kappa shape index (κ1) is 25.3. The molecule has 0 atom stereocenters. The number of esters is 4.